The van der Waals surface area contributed by atoms with E-state index in [4.69, 9.17) is 0 Å². The molecule has 0 aliphatic rings. The van der Waals surface area contributed by atoms with Crippen molar-refractivity contribution in [1.29, 1.82) is 0 Å². The van der Waals surface area contributed by atoms with Gasteiger partial charge in [0.25, 0.3) is 0 Å². The summed E-state index contributed by atoms with van der Waals surface area (Å²) >= 11 is 0. The van der Waals surface area contributed by atoms with Crippen molar-refractivity contribution in [1.82, 2.24) is 0 Å². The second kappa shape index (κ2) is 5.88. The van der Waals surface area contributed by atoms with Crippen LogP contribution < -0.4 is 0 Å². The van der Waals surface area contributed by atoms with E-state index in [-0.39, 0.29) is 0 Å². The molecule has 1 aromatic rings. The molecule has 1 rings (SSSR count). The third kappa shape index (κ3) is 3.14. The van der Waals surface area contributed by atoms with Crippen molar-refractivity contribution in [3.8, 4) is 11.8 Å². The fraction of sp³-hybridized carbons (Fsp3) is 0.200. The van der Waals surface area contributed by atoms with Crippen molar-refractivity contribution in [3.63, 3.8) is 0 Å². The summed E-state index contributed by atoms with van der Waals surface area (Å²) in [6.07, 6.45) is 6.27. The van der Waals surface area contributed by atoms with Gasteiger partial charge in [0, 0.05) is 5.56 Å². The van der Waals surface area contributed by atoms with Crippen LogP contribution in [-0.4, -0.2) is 0 Å². The van der Waals surface area contributed by atoms with Crippen molar-refractivity contribution in [3.05, 3.63) is 53.6 Å². The lowest BCUT2D eigenvalue weighted by Crippen LogP contribution is -1.81. The molecule has 0 nitrogen and oxygen atoms in total. The van der Waals surface area contributed by atoms with Crippen LogP contribution in [0.15, 0.2) is 42.5 Å². The van der Waals surface area contributed by atoms with Gasteiger partial charge in [-0.1, -0.05) is 36.3 Å². The van der Waals surface area contributed by atoms with Crippen LogP contribution in [0.3, 0.4) is 0 Å². The highest BCUT2D eigenvalue weighted by atomic mass is 14.0. The summed E-state index contributed by atoms with van der Waals surface area (Å²) in [5.41, 5.74) is 3.54. The van der Waals surface area contributed by atoms with E-state index >= 15 is 0 Å². The van der Waals surface area contributed by atoms with E-state index in [0.717, 1.165) is 5.56 Å². The highest BCUT2D eigenvalue weighted by Crippen LogP contribution is 2.16. The van der Waals surface area contributed by atoms with Gasteiger partial charge in [-0.3, -0.25) is 0 Å². The molecule has 0 saturated carbocycles. The molecule has 0 heteroatoms. The zero-order valence-corrected chi connectivity index (χ0v) is 9.54. The van der Waals surface area contributed by atoms with Crippen molar-refractivity contribution in [2.75, 3.05) is 0 Å². The van der Waals surface area contributed by atoms with Gasteiger partial charge in [0.2, 0.25) is 0 Å². The van der Waals surface area contributed by atoms with Gasteiger partial charge in [0.1, 0.15) is 0 Å². The maximum absolute atomic E-state index is 3.04. The smallest absolute Gasteiger partial charge is 0.0245 e. The molecule has 0 unspecified atom stereocenters. The van der Waals surface area contributed by atoms with Gasteiger partial charge in [-0.25, -0.2) is 0 Å². The molecule has 15 heavy (non-hydrogen) atoms. The third-order valence-electron chi connectivity index (χ3n) is 2.14. The lowest BCUT2D eigenvalue weighted by atomic mass is 10.0. The Morgan fingerprint density at radius 3 is 2.27 bits per heavy atom. The molecule has 0 heterocycles. The van der Waals surface area contributed by atoms with Crippen LogP contribution >= 0.6 is 0 Å². The molecular weight excluding hydrogens is 180 g/mol. The second-order valence-corrected chi connectivity index (χ2v) is 3.20. The Balaban J connectivity index is 3.01. The predicted molar refractivity (Wildman–Crippen MR) is 67.5 cm³/mol. The highest BCUT2D eigenvalue weighted by molar-refractivity contribution is 5.73. The first-order chi connectivity index (χ1) is 7.31. The van der Waals surface area contributed by atoms with Gasteiger partial charge in [-0.05, 0) is 44.0 Å². The summed E-state index contributed by atoms with van der Waals surface area (Å²) in [7, 11) is 0. The van der Waals surface area contributed by atoms with Crippen molar-refractivity contribution >= 4 is 5.57 Å². The summed E-state index contributed by atoms with van der Waals surface area (Å²) in [6, 6.07) is 8.32. The molecule has 76 valence electrons. The molecule has 0 aliphatic heterocycles. The Kier molecular flexibility index (Phi) is 4.44. The molecule has 0 aliphatic carbocycles. The van der Waals surface area contributed by atoms with Gasteiger partial charge in [0.05, 0.1) is 0 Å². The average Bonchev–Trinajstić information content (AvgIpc) is 2.28. The standard InChI is InChI=1S/C15H16/c1-4-7-13-9-11-15(12-10-13)14(6-3)8-5-2/h5-6,8-12H,1-3H3/b8-5-,14-6+. The van der Waals surface area contributed by atoms with E-state index in [9.17, 15) is 0 Å². The van der Waals surface area contributed by atoms with Crippen LogP contribution in [0.25, 0.3) is 5.57 Å². The molecule has 0 N–H and O–H groups in total. The summed E-state index contributed by atoms with van der Waals surface area (Å²) in [5, 5.41) is 0. The van der Waals surface area contributed by atoms with E-state index in [2.05, 4.69) is 61.3 Å². The largest absolute Gasteiger partial charge is 0.101 e. The molecule has 0 spiro atoms. The van der Waals surface area contributed by atoms with E-state index in [1.807, 2.05) is 13.8 Å². The van der Waals surface area contributed by atoms with E-state index in [0.29, 0.717) is 0 Å². The van der Waals surface area contributed by atoms with E-state index < -0.39 is 0 Å². The summed E-state index contributed by atoms with van der Waals surface area (Å²) in [4.78, 5) is 0. The van der Waals surface area contributed by atoms with Gasteiger partial charge >= 0.3 is 0 Å². The molecule has 0 bridgehead atoms. The first-order valence-corrected chi connectivity index (χ1v) is 5.14. The Bertz CT molecular complexity index is 419. The van der Waals surface area contributed by atoms with Crippen LogP contribution in [0.1, 0.15) is 31.9 Å². The number of hydrogen-bond acceptors (Lipinski definition) is 0. The summed E-state index contributed by atoms with van der Waals surface area (Å²) in [5.74, 6) is 5.93. The minimum atomic E-state index is 1.07. The van der Waals surface area contributed by atoms with Gasteiger partial charge in [0.15, 0.2) is 0 Å². The zero-order valence-electron chi connectivity index (χ0n) is 9.54. The lowest BCUT2D eigenvalue weighted by molar-refractivity contribution is 1.56. The average molecular weight is 196 g/mol. The quantitative estimate of drug-likeness (QED) is 0.494. The van der Waals surface area contributed by atoms with Crippen LogP contribution in [-0.2, 0) is 0 Å². The van der Waals surface area contributed by atoms with Crippen LogP contribution in [0.2, 0.25) is 0 Å². The Morgan fingerprint density at radius 1 is 1.13 bits per heavy atom. The van der Waals surface area contributed by atoms with Crippen molar-refractivity contribution in [2.45, 2.75) is 20.8 Å². The second-order valence-electron chi connectivity index (χ2n) is 3.20. The molecule has 0 fully saturated rings. The number of rotatable bonds is 2. The molecule has 1 aromatic carbocycles. The highest BCUT2D eigenvalue weighted by Gasteiger charge is 1.95. The van der Waals surface area contributed by atoms with Crippen molar-refractivity contribution < 1.29 is 0 Å². The predicted octanol–water partition coefficient (Wildman–Crippen LogP) is 4.04. The maximum atomic E-state index is 3.04. The lowest BCUT2D eigenvalue weighted by Gasteiger charge is -2.01. The number of hydrogen-bond donors (Lipinski definition) is 0. The van der Waals surface area contributed by atoms with Crippen LogP contribution in [0.4, 0.5) is 0 Å². The fourth-order valence-corrected chi connectivity index (χ4v) is 1.43. The van der Waals surface area contributed by atoms with Gasteiger partial charge in [-0.15, -0.1) is 5.92 Å². The molecule has 0 atom stereocenters. The number of allylic oxidation sites excluding steroid dienone is 4. The van der Waals surface area contributed by atoms with Gasteiger partial charge < -0.3 is 0 Å². The topological polar surface area (TPSA) is 0 Å². The summed E-state index contributed by atoms with van der Waals surface area (Å²) in [6.45, 7) is 5.93. The third-order valence-corrected chi connectivity index (χ3v) is 2.14. The Labute approximate surface area is 92.3 Å². The van der Waals surface area contributed by atoms with E-state index in [1.54, 1.807) is 0 Å². The normalized spacial score (nSPS) is 11.3. The number of benzene rings is 1. The molecule has 0 saturated heterocycles. The first-order valence-electron chi connectivity index (χ1n) is 5.14. The molecule has 0 aromatic heterocycles. The van der Waals surface area contributed by atoms with Crippen LogP contribution in [0, 0.1) is 11.8 Å². The molecule has 0 amide bonds. The SMILES string of the molecule is CC#Cc1ccc(C(/C=C\C)=C/C)cc1. The minimum Gasteiger partial charge on any atom is -0.101 e. The monoisotopic (exact) mass is 196 g/mol. The van der Waals surface area contributed by atoms with Gasteiger partial charge in [-0.2, -0.15) is 0 Å². The van der Waals surface area contributed by atoms with E-state index in [1.165, 1.54) is 11.1 Å². The zero-order chi connectivity index (χ0) is 11.1. The summed E-state index contributed by atoms with van der Waals surface area (Å²) < 4.78 is 0. The minimum absolute atomic E-state index is 1.07. The van der Waals surface area contributed by atoms with Crippen molar-refractivity contribution in [2.24, 2.45) is 0 Å². The Hall–Kier alpha value is -1.74. The Morgan fingerprint density at radius 2 is 1.80 bits per heavy atom. The van der Waals surface area contributed by atoms with Crippen LogP contribution in [0.5, 0.6) is 0 Å². The molecular formula is C15H16. The maximum Gasteiger partial charge on any atom is 0.0245 e. The fourth-order valence-electron chi connectivity index (χ4n) is 1.43. The molecule has 0 radical (unpaired) electrons. The first kappa shape index (κ1) is 11.3.